The molecule has 2 nitrogen and oxygen atoms in total. The highest BCUT2D eigenvalue weighted by atomic mass is 32.2. The van der Waals surface area contributed by atoms with Gasteiger partial charge < -0.3 is 5.32 Å². The molecule has 0 aromatic heterocycles. The van der Waals surface area contributed by atoms with Crippen LogP contribution in [0.4, 0.5) is 0 Å². The Bertz CT molecular complexity index is 439. The van der Waals surface area contributed by atoms with Gasteiger partial charge in [0.2, 0.25) is 0 Å². The molecule has 1 aromatic carbocycles. The Labute approximate surface area is 115 Å². The summed E-state index contributed by atoms with van der Waals surface area (Å²) in [6, 6.07) is 8.91. The standard InChI is InChI=1S/C15H22N2S/c1-11(2)17-10-12-6-7-14(13(8-12)9-16)18-15(3,4)5/h6-8,11,17H,10H2,1-5H3. The van der Waals surface area contributed by atoms with Crippen LogP contribution in [0.2, 0.25) is 0 Å². The van der Waals surface area contributed by atoms with Gasteiger partial charge in [0.1, 0.15) is 6.07 Å². The zero-order valence-electron chi connectivity index (χ0n) is 11.9. The van der Waals surface area contributed by atoms with Gasteiger partial charge in [0.15, 0.2) is 0 Å². The molecule has 0 saturated carbocycles. The summed E-state index contributed by atoms with van der Waals surface area (Å²) in [6.45, 7) is 11.5. The Kier molecular flexibility index (Phi) is 5.25. The maximum Gasteiger partial charge on any atom is 0.100 e. The van der Waals surface area contributed by atoms with Gasteiger partial charge >= 0.3 is 0 Å². The van der Waals surface area contributed by atoms with Gasteiger partial charge in [-0.25, -0.2) is 0 Å². The third-order valence-electron chi connectivity index (χ3n) is 2.30. The molecule has 0 aliphatic carbocycles. The second-order valence-electron chi connectivity index (χ2n) is 5.69. The van der Waals surface area contributed by atoms with E-state index in [-0.39, 0.29) is 4.75 Å². The van der Waals surface area contributed by atoms with Gasteiger partial charge in [-0.1, -0.05) is 40.7 Å². The van der Waals surface area contributed by atoms with Gasteiger partial charge in [-0.05, 0) is 17.7 Å². The number of nitrogens with one attached hydrogen (secondary N) is 1. The molecule has 0 amide bonds. The summed E-state index contributed by atoms with van der Waals surface area (Å²) < 4.78 is 0.128. The smallest absolute Gasteiger partial charge is 0.100 e. The van der Waals surface area contributed by atoms with E-state index in [1.54, 1.807) is 11.8 Å². The number of hydrogen-bond acceptors (Lipinski definition) is 3. The Balaban J connectivity index is 2.87. The molecule has 0 aliphatic rings. The molecule has 3 heteroatoms. The van der Waals surface area contributed by atoms with E-state index in [0.717, 1.165) is 17.0 Å². The van der Waals surface area contributed by atoms with Crippen LogP contribution in [0.15, 0.2) is 23.1 Å². The Morgan fingerprint density at radius 2 is 2.00 bits per heavy atom. The fourth-order valence-electron chi connectivity index (χ4n) is 1.52. The molecule has 0 fully saturated rings. The highest BCUT2D eigenvalue weighted by Crippen LogP contribution is 2.34. The number of nitrogens with zero attached hydrogens (tertiary/aromatic N) is 1. The molecule has 0 saturated heterocycles. The Morgan fingerprint density at radius 1 is 1.33 bits per heavy atom. The van der Waals surface area contributed by atoms with Gasteiger partial charge in [-0.3, -0.25) is 0 Å². The van der Waals surface area contributed by atoms with Gasteiger partial charge in [-0.2, -0.15) is 5.26 Å². The molecular weight excluding hydrogens is 240 g/mol. The average molecular weight is 262 g/mol. The van der Waals surface area contributed by atoms with Crippen molar-refractivity contribution >= 4 is 11.8 Å². The molecule has 1 rings (SSSR count). The topological polar surface area (TPSA) is 35.8 Å². The maximum absolute atomic E-state index is 9.23. The molecule has 1 N–H and O–H groups in total. The van der Waals surface area contributed by atoms with Crippen LogP contribution in [0.25, 0.3) is 0 Å². The summed E-state index contributed by atoms with van der Waals surface area (Å²) in [5.74, 6) is 0. The van der Waals surface area contributed by atoms with Crippen LogP contribution in [0, 0.1) is 11.3 Å². The zero-order valence-corrected chi connectivity index (χ0v) is 12.7. The summed E-state index contributed by atoms with van der Waals surface area (Å²) in [6.07, 6.45) is 0. The molecule has 0 atom stereocenters. The number of benzene rings is 1. The Morgan fingerprint density at radius 3 is 2.50 bits per heavy atom. The average Bonchev–Trinajstić information content (AvgIpc) is 2.25. The van der Waals surface area contributed by atoms with Crippen molar-refractivity contribution in [1.29, 1.82) is 5.26 Å². The van der Waals surface area contributed by atoms with Crippen LogP contribution >= 0.6 is 11.8 Å². The molecule has 0 heterocycles. The zero-order chi connectivity index (χ0) is 13.8. The summed E-state index contributed by atoms with van der Waals surface area (Å²) in [5, 5.41) is 12.6. The van der Waals surface area contributed by atoms with Crippen LogP contribution in [0.3, 0.4) is 0 Å². The van der Waals surface area contributed by atoms with Crippen LogP contribution in [-0.4, -0.2) is 10.8 Å². The quantitative estimate of drug-likeness (QED) is 0.835. The molecule has 0 aliphatic heterocycles. The van der Waals surface area contributed by atoms with E-state index in [9.17, 15) is 5.26 Å². The maximum atomic E-state index is 9.23. The minimum atomic E-state index is 0.128. The van der Waals surface area contributed by atoms with Crippen molar-refractivity contribution in [3.63, 3.8) is 0 Å². The van der Waals surface area contributed by atoms with Gasteiger partial charge in [-0.15, -0.1) is 11.8 Å². The van der Waals surface area contributed by atoms with Crippen molar-refractivity contribution in [3.8, 4) is 6.07 Å². The van der Waals surface area contributed by atoms with Crippen molar-refractivity contribution in [2.24, 2.45) is 0 Å². The summed E-state index contributed by atoms with van der Waals surface area (Å²) in [7, 11) is 0. The van der Waals surface area contributed by atoms with Crippen molar-refractivity contribution in [3.05, 3.63) is 29.3 Å². The second kappa shape index (κ2) is 6.26. The highest BCUT2D eigenvalue weighted by Gasteiger charge is 2.15. The first-order valence-corrected chi connectivity index (χ1v) is 7.09. The molecule has 18 heavy (non-hydrogen) atoms. The number of rotatable bonds is 4. The normalized spacial score (nSPS) is 11.6. The van der Waals surface area contributed by atoms with E-state index in [0.29, 0.717) is 6.04 Å². The van der Waals surface area contributed by atoms with Crippen molar-refractivity contribution in [1.82, 2.24) is 5.32 Å². The summed E-state index contributed by atoms with van der Waals surface area (Å²) >= 11 is 1.74. The van der Waals surface area contributed by atoms with E-state index in [1.165, 1.54) is 5.56 Å². The van der Waals surface area contributed by atoms with Crippen LogP contribution in [0.1, 0.15) is 45.7 Å². The third kappa shape index (κ3) is 5.12. The summed E-state index contributed by atoms with van der Waals surface area (Å²) in [5.41, 5.74) is 1.94. The minimum Gasteiger partial charge on any atom is -0.310 e. The fraction of sp³-hybridized carbons (Fsp3) is 0.533. The molecule has 0 bridgehead atoms. The SMILES string of the molecule is CC(C)NCc1ccc(SC(C)(C)C)c(C#N)c1. The van der Waals surface area contributed by atoms with Crippen molar-refractivity contribution < 1.29 is 0 Å². The molecular formula is C15H22N2S. The predicted octanol–water partition coefficient (Wildman–Crippen LogP) is 3.95. The van der Waals surface area contributed by atoms with E-state index in [4.69, 9.17) is 0 Å². The summed E-state index contributed by atoms with van der Waals surface area (Å²) in [4.78, 5) is 1.07. The van der Waals surface area contributed by atoms with Crippen LogP contribution in [0.5, 0.6) is 0 Å². The molecule has 1 aromatic rings. The lowest BCUT2D eigenvalue weighted by molar-refractivity contribution is 0.588. The van der Waals surface area contributed by atoms with Crippen LogP contribution < -0.4 is 5.32 Å². The molecule has 0 spiro atoms. The lowest BCUT2D eigenvalue weighted by Crippen LogP contribution is -2.21. The lowest BCUT2D eigenvalue weighted by Gasteiger charge is -2.18. The molecule has 98 valence electrons. The lowest BCUT2D eigenvalue weighted by atomic mass is 10.1. The first kappa shape index (κ1) is 15.1. The van der Waals surface area contributed by atoms with Gasteiger partial charge in [0.05, 0.1) is 5.56 Å². The Hall–Kier alpha value is -0.980. The van der Waals surface area contributed by atoms with Gasteiger partial charge in [0, 0.05) is 22.2 Å². The minimum absolute atomic E-state index is 0.128. The number of thioether (sulfide) groups is 1. The first-order valence-electron chi connectivity index (χ1n) is 6.27. The largest absolute Gasteiger partial charge is 0.310 e. The molecule has 0 unspecified atom stereocenters. The van der Waals surface area contributed by atoms with E-state index in [1.807, 2.05) is 6.07 Å². The third-order valence-corrected chi connectivity index (χ3v) is 3.48. The fourth-order valence-corrected chi connectivity index (χ4v) is 2.53. The number of hydrogen-bond donors (Lipinski definition) is 1. The van der Waals surface area contributed by atoms with E-state index < -0.39 is 0 Å². The second-order valence-corrected chi connectivity index (χ2v) is 7.56. The highest BCUT2D eigenvalue weighted by molar-refractivity contribution is 8.00. The van der Waals surface area contributed by atoms with E-state index >= 15 is 0 Å². The molecule has 0 radical (unpaired) electrons. The first-order chi connectivity index (χ1) is 8.31. The van der Waals surface area contributed by atoms with E-state index in [2.05, 4.69) is 58.1 Å². The predicted molar refractivity (Wildman–Crippen MR) is 78.7 cm³/mol. The van der Waals surface area contributed by atoms with Crippen molar-refractivity contribution in [2.75, 3.05) is 0 Å². The van der Waals surface area contributed by atoms with Gasteiger partial charge in [0.25, 0.3) is 0 Å². The monoisotopic (exact) mass is 262 g/mol. The van der Waals surface area contributed by atoms with Crippen molar-refractivity contribution in [2.45, 2.75) is 56.8 Å². The number of nitriles is 1. The van der Waals surface area contributed by atoms with Crippen LogP contribution in [-0.2, 0) is 6.54 Å².